The Hall–Kier alpha value is -3.39. The van der Waals surface area contributed by atoms with Crippen molar-refractivity contribution in [2.45, 2.75) is 52.4 Å². The molecule has 0 bridgehead atoms. The van der Waals surface area contributed by atoms with E-state index in [0.29, 0.717) is 11.3 Å². The van der Waals surface area contributed by atoms with Crippen LogP contribution in [0.3, 0.4) is 0 Å². The zero-order chi connectivity index (χ0) is 23.0. The molecule has 1 aliphatic heterocycles. The number of aryl methyl sites for hydroxylation is 1. The van der Waals surface area contributed by atoms with Gasteiger partial charge in [-0.25, -0.2) is 0 Å². The van der Waals surface area contributed by atoms with Crippen molar-refractivity contribution in [3.05, 3.63) is 78.0 Å². The van der Waals surface area contributed by atoms with E-state index >= 15 is 0 Å². The monoisotopic (exact) mass is 443 g/mol. The lowest BCUT2D eigenvalue weighted by Crippen LogP contribution is -2.20. The first-order chi connectivity index (χ1) is 16.5. The van der Waals surface area contributed by atoms with Crippen LogP contribution in [0, 0.1) is 12.3 Å². The molecule has 4 aromatic carbocycles. The van der Waals surface area contributed by atoms with E-state index in [-0.39, 0.29) is 0 Å². The van der Waals surface area contributed by atoms with Crippen LogP contribution in [0.5, 0.6) is 11.5 Å². The summed E-state index contributed by atoms with van der Waals surface area (Å²) in [5.41, 5.74) is 5.28. The largest absolute Gasteiger partial charge is 0.456 e. The molecule has 1 fully saturated rings. The summed E-state index contributed by atoms with van der Waals surface area (Å²) in [6.45, 7) is 6.98. The highest BCUT2D eigenvalue weighted by Gasteiger charge is 2.29. The van der Waals surface area contributed by atoms with Crippen LogP contribution in [-0.4, -0.2) is 4.98 Å². The number of benzene rings is 4. The van der Waals surface area contributed by atoms with E-state index in [1.54, 1.807) is 0 Å². The van der Waals surface area contributed by atoms with Crippen molar-refractivity contribution in [1.82, 2.24) is 4.98 Å². The van der Waals surface area contributed by atoms with Crippen LogP contribution in [0.15, 0.2) is 66.9 Å². The van der Waals surface area contributed by atoms with Crippen molar-refractivity contribution in [1.29, 1.82) is 0 Å². The molecular weight excluding hydrogens is 414 g/mol. The molecule has 2 heterocycles. The first-order valence-corrected chi connectivity index (χ1v) is 12.5. The number of hydrogen-bond acceptors (Lipinski definition) is 2. The minimum Gasteiger partial charge on any atom is -0.456 e. The molecule has 1 aromatic heterocycles. The van der Waals surface area contributed by atoms with Crippen LogP contribution in [0.1, 0.15) is 56.6 Å². The Labute approximate surface area is 200 Å². The number of aromatic nitrogens is 1. The Morgan fingerprint density at radius 1 is 0.853 bits per heavy atom. The zero-order valence-electron chi connectivity index (χ0n) is 20.1. The summed E-state index contributed by atoms with van der Waals surface area (Å²) >= 11 is 0. The topological polar surface area (TPSA) is 22.1 Å². The van der Waals surface area contributed by atoms with Gasteiger partial charge in [0, 0.05) is 17.3 Å². The molecule has 0 spiro atoms. The van der Waals surface area contributed by atoms with Gasteiger partial charge in [-0.15, -0.1) is 0 Å². The van der Waals surface area contributed by atoms with Crippen molar-refractivity contribution in [2.75, 3.05) is 0 Å². The minimum atomic E-state index is 0.486. The van der Waals surface area contributed by atoms with E-state index in [2.05, 4.69) is 81.4 Å². The Morgan fingerprint density at radius 3 is 2.50 bits per heavy atom. The Kier molecular flexibility index (Phi) is 4.16. The standard InChI is InChI=1S/C32H29NO/c1-19-24-7-5-4-6-22(24)17-27-30-29-25(12-15-33-30)26-16-21(20-10-13-32(2,3)14-11-20)8-9-23(26)18-28(29)34-31(19)27/h4-9,12,15-18,20H,10-11,13-14H2,1-3H3. The predicted molar refractivity (Wildman–Crippen MR) is 142 cm³/mol. The second-order valence-corrected chi connectivity index (χ2v) is 11.1. The summed E-state index contributed by atoms with van der Waals surface area (Å²) in [4.78, 5) is 4.88. The average Bonchev–Trinajstić information content (AvgIpc) is 2.85. The summed E-state index contributed by atoms with van der Waals surface area (Å²) in [5.74, 6) is 2.52. The van der Waals surface area contributed by atoms with Gasteiger partial charge in [0.15, 0.2) is 0 Å². The van der Waals surface area contributed by atoms with Crippen molar-refractivity contribution < 1.29 is 4.74 Å². The predicted octanol–water partition coefficient (Wildman–Crippen LogP) is 9.31. The maximum atomic E-state index is 6.63. The first-order valence-electron chi connectivity index (χ1n) is 12.5. The molecule has 0 N–H and O–H groups in total. The molecule has 2 aliphatic rings. The van der Waals surface area contributed by atoms with Crippen LogP contribution in [-0.2, 0) is 0 Å². The fourth-order valence-corrected chi connectivity index (χ4v) is 6.28. The number of hydrogen-bond donors (Lipinski definition) is 0. The normalized spacial score (nSPS) is 17.1. The number of fused-ring (bicyclic) bond motifs is 5. The van der Waals surface area contributed by atoms with Crippen LogP contribution < -0.4 is 4.74 Å². The molecule has 0 saturated heterocycles. The molecule has 168 valence electrons. The van der Waals surface area contributed by atoms with E-state index < -0.39 is 0 Å². The molecule has 0 atom stereocenters. The van der Waals surface area contributed by atoms with Gasteiger partial charge < -0.3 is 4.74 Å². The first kappa shape index (κ1) is 20.0. The highest BCUT2D eigenvalue weighted by molar-refractivity contribution is 6.16. The lowest BCUT2D eigenvalue weighted by atomic mass is 9.71. The Morgan fingerprint density at radius 2 is 1.65 bits per heavy atom. The number of nitrogens with zero attached hydrogens (tertiary/aromatic N) is 1. The summed E-state index contributed by atoms with van der Waals surface area (Å²) < 4.78 is 6.63. The van der Waals surface area contributed by atoms with Gasteiger partial charge in [-0.1, -0.05) is 56.3 Å². The van der Waals surface area contributed by atoms with Crippen molar-refractivity contribution >= 4 is 32.3 Å². The lowest BCUT2D eigenvalue weighted by Gasteiger charge is -2.34. The van der Waals surface area contributed by atoms with E-state index in [1.807, 2.05) is 6.20 Å². The maximum Gasteiger partial charge on any atom is 0.140 e. The molecule has 0 amide bonds. The molecule has 0 radical (unpaired) electrons. The van der Waals surface area contributed by atoms with Crippen LogP contribution in [0.4, 0.5) is 0 Å². The average molecular weight is 444 g/mol. The van der Waals surface area contributed by atoms with Crippen molar-refractivity contribution in [3.63, 3.8) is 0 Å². The number of pyridine rings is 1. The van der Waals surface area contributed by atoms with E-state index in [4.69, 9.17) is 9.72 Å². The SMILES string of the molecule is Cc1c2c(cc3ccccc13)-c1nccc3c1c(cc1ccc(C4CCC(C)(C)CC4)cc13)O2. The molecule has 1 aliphatic carbocycles. The summed E-state index contributed by atoms with van der Waals surface area (Å²) in [6.07, 6.45) is 7.15. The third-order valence-electron chi connectivity index (χ3n) is 8.38. The molecule has 7 rings (SSSR count). The van der Waals surface area contributed by atoms with E-state index in [1.165, 1.54) is 63.7 Å². The molecule has 2 nitrogen and oxygen atoms in total. The van der Waals surface area contributed by atoms with Crippen LogP contribution >= 0.6 is 0 Å². The molecule has 34 heavy (non-hydrogen) atoms. The van der Waals surface area contributed by atoms with Gasteiger partial charge in [0.2, 0.25) is 0 Å². The third-order valence-corrected chi connectivity index (χ3v) is 8.38. The van der Waals surface area contributed by atoms with Gasteiger partial charge in [0.25, 0.3) is 0 Å². The Bertz CT molecular complexity index is 1620. The molecule has 1 saturated carbocycles. The van der Waals surface area contributed by atoms with Gasteiger partial charge in [-0.3, -0.25) is 4.98 Å². The zero-order valence-corrected chi connectivity index (χ0v) is 20.1. The van der Waals surface area contributed by atoms with Crippen LogP contribution in [0.2, 0.25) is 0 Å². The maximum absolute atomic E-state index is 6.63. The summed E-state index contributed by atoms with van der Waals surface area (Å²) in [7, 11) is 0. The molecule has 0 unspecified atom stereocenters. The van der Waals surface area contributed by atoms with E-state index in [0.717, 1.165) is 28.1 Å². The highest BCUT2D eigenvalue weighted by Crippen LogP contribution is 2.51. The van der Waals surface area contributed by atoms with Crippen molar-refractivity contribution in [2.24, 2.45) is 5.41 Å². The van der Waals surface area contributed by atoms with Gasteiger partial charge in [0.05, 0.1) is 11.1 Å². The van der Waals surface area contributed by atoms with Gasteiger partial charge in [-0.05, 0) is 94.6 Å². The smallest absolute Gasteiger partial charge is 0.140 e. The lowest BCUT2D eigenvalue weighted by molar-refractivity contribution is 0.224. The van der Waals surface area contributed by atoms with Gasteiger partial charge >= 0.3 is 0 Å². The Balaban J connectivity index is 1.44. The second-order valence-electron chi connectivity index (χ2n) is 11.1. The highest BCUT2D eigenvalue weighted by atomic mass is 16.5. The van der Waals surface area contributed by atoms with Crippen LogP contribution in [0.25, 0.3) is 43.6 Å². The van der Waals surface area contributed by atoms with Crippen molar-refractivity contribution in [3.8, 4) is 22.8 Å². The van der Waals surface area contributed by atoms with E-state index in [9.17, 15) is 0 Å². The summed E-state index contributed by atoms with van der Waals surface area (Å²) in [6, 6.07) is 22.3. The second kappa shape index (κ2) is 7.06. The van der Waals surface area contributed by atoms with Gasteiger partial charge in [-0.2, -0.15) is 0 Å². The fourth-order valence-electron chi connectivity index (χ4n) is 6.28. The fraction of sp³-hybridized carbons (Fsp3) is 0.281. The quantitative estimate of drug-likeness (QED) is 0.236. The third kappa shape index (κ3) is 2.91. The number of rotatable bonds is 1. The minimum absolute atomic E-state index is 0.486. The molecule has 2 heteroatoms. The summed E-state index contributed by atoms with van der Waals surface area (Å²) in [5, 5.41) is 7.40. The molecular formula is C32H29NO. The van der Waals surface area contributed by atoms with Gasteiger partial charge in [0.1, 0.15) is 11.5 Å². The number of ether oxygens (including phenoxy) is 1. The molecule has 5 aromatic rings.